The summed E-state index contributed by atoms with van der Waals surface area (Å²) in [6, 6.07) is 13.0. The number of benzene rings is 2. The molecule has 0 aliphatic carbocycles. The van der Waals surface area contributed by atoms with Gasteiger partial charge in [-0.05, 0) is 42.7 Å². The van der Waals surface area contributed by atoms with Crippen LogP contribution in [0.3, 0.4) is 0 Å². The molecule has 0 spiro atoms. The fraction of sp³-hybridized carbons (Fsp3) is 0.235. The van der Waals surface area contributed by atoms with Gasteiger partial charge in [0.25, 0.3) is 0 Å². The lowest BCUT2D eigenvalue weighted by atomic mass is 10.0. The first kappa shape index (κ1) is 14.7. The molecule has 0 radical (unpaired) electrons. The Labute approximate surface area is 134 Å². The largest absolute Gasteiger partial charge is 0.491 e. The third kappa shape index (κ3) is 3.34. The van der Waals surface area contributed by atoms with Crippen molar-refractivity contribution >= 4 is 23.3 Å². The van der Waals surface area contributed by atoms with Gasteiger partial charge in [-0.1, -0.05) is 35.9 Å². The highest BCUT2D eigenvalue weighted by Crippen LogP contribution is 2.24. The SMILES string of the molecule is Cc1ccc(NC(=O)N[C@@H]2COc3ccccc3C2)cc1Cl. The van der Waals surface area contributed by atoms with Crippen molar-refractivity contribution in [3.05, 3.63) is 58.6 Å². The van der Waals surface area contributed by atoms with E-state index in [2.05, 4.69) is 10.6 Å². The number of para-hydroxylation sites is 1. The van der Waals surface area contributed by atoms with Gasteiger partial charge in [0.05, 0.1) is 6.04 Å². The first-order valence-corrected chi connectivity index (χ1v) is 7.54. The number of nitrogens with one attached hydrogen (secondary N) is 2. The standard InChI is InChI=1S/C17H17ClN2O2/c1-11-6-7-13(9-15(11)18)19-17(21)20-14-8-12-4-2-3-5-16(12)22-10-14/h2-7,9,14H,8,10H2,1H3,(H2,19,20,21)/t14-/m0/s1. The summed E-state index contributed by atoms with van der Waals surface area (Å²) in [5, 5.41) is 6.35. The van der Waals surface area contributed by atoms with E-state index in [1.54, 1.807) is 6.07 Å². The molecule has 2 aromatic carbocycles. The zero-order chi connectivity index (χ0) is 15.5. The number of urea groups is 1. The molecule has 114 valence electrons. The maximum absolute atomic E-state index is 12.1. The molecule has 0 bridgehead atoms. The van der Waals surface area contributed by atoms with Crippen molar-refractivity contribution in [1.82, 2.24) is 5.32 Å². The smallest absolute Gasteiger partial charge is 0.319 e. The lowest BCUT2D eigenvalue weighted by Gasteiger charge is -2.26. The van der Waals surface area contributed by atoms with Gasteiger partial charge in [-0.15, -0.1) is 0 Å². The third-order valence-electron chi connectivity index (χ3n) is 3.64. The number of aryl methyl sites for hydroxylation is 1. The van der Waals surface area contributed by atoms with Gasteiger partial charge >= 0.3 is 6.03 Å². The molecule has 0 saturated heterocycles. The lowest BCUT2D eigenvalue weighted by Crippen LogP contribution is -2.44. The van der Waals surface area contributed by atoms with E-state index in [0.29, 0.717) is 17.3 Å². The number of carbonyl (C=O) groups excluding carboxylic acids is 1. The molecule has 2 amide bonds. The van der Waals surface area contributed by atoms with Crippen LogP contribution < -0.4 is 15.4 Å². The van der Waals surface area contributed by atoms with E-state index >= 15 is 0 Å². The Morgan fingerprint density at radius 1 is 1.27 bits per heavy atom. The van der Waals surface area contributed by atoms with Gasteiger partial charge in [-0.3, -0.25) is 0 Å². The Bertz CT molecular complexity index is 703. The summed E-state index contributed by atoms with van der Waals surface area (Å²) in [4.78, 5) is 12.1. The summed E-state index contributed by atoms with van der Waals surface area (Å²) < 4.78 is 5.66. The Balaban J connectivity index is 1.59. The Morgan fingerprint density at radius 3 is 2.91 bits per heavy atom. The summed E-state index contributed by atoms with van der Waals surface area (Å²) in [6.45, 7) is 2.39. The topological polar surface area (TPSA) is 50.4 Å². The summed E-state index contributed by atoms with van der Waals surface area (Å²) in [5.74, 6) is 0.895. The molecule has 2 aromatic rings. The Hall–Kier alpha value is -2.20. The molecule has 0 saturated carbocycles. The van der Waals surface area contributed by atoms with Crippen molar-refractivity contribution < 1.29 is 9.53 Å². The number of hydrogen-bond donors (Lipinski definition) is 2. The second-order valence-corrected chi connectivity index (χ2v) is 5.79. The average molecular weight is 317 g/mol. The van der Waals surface area contributed by atoms with E-state index in [-0.39, 0.29) is 12.1 Å². The zero-order valence-corrected chi connectivity index (χ0v) is 13.0. The van der Waals surface area contributed by atoms with Crippen LogP contribution in [-0.4, -0.2) is 18.7 Å². The molecule has 4 nitrogen and oxygen atoms in total. The monoisotopic (exact) mass is 316 g/mol. The molecule has 2 N–H and O–H groups in total. The molecule has 1 aliphatic heterocycles. The van der Waals surface area contributed by atoms with Crippen LogP contribution >= 0.6 is 11.6 Å². The number of fused-ring (bicyclic) bond motifs is 1. The lowest BCUT2D eigenvalue weighted by molar-refractivity contribution is 0.222. The number of hydrogen-bond acceptors (Lipinski definition) is 2. The second kappa shape index (κ2) is 6.28. The molecule has 1 heterocycles. The van der Waals surface area contributed by atoms with Crippen LogP contribution in [0.15, 0.2) is 42.5 Å². The first-order chi connectivity index (χ1) is 10.6. The van der Waals surface area contributed by atoms with Crippen LogP contribution in [0.25, 0.3) is 0 Å². The van der Waals surface area contributed by atoms with Crippen LogP contribution in [0.2, 0.25) is 5.02 Å². The number of carbonyl (C=O) groups is 1. The predicted octanol–water partition coefficient (Wildman–Crippen LogP) is 3.77. The normalized spacial score (nSPS) is 16.4. The highest BCUT2D eigenvalue weighted by Gasteiger charge is 2.21. The van der Waals surface area contributed by atoms with E-state index in [1.807, 2.05) is 43.3 Å². The second-order valence-electron chi connectivity index (χ2n) is 5.38. The Morgan fingerprint density at radius 2 is 2.09 bits per heavy atom. The maximum atomic E-state index is 12.1. The third-order valence-corrected chi connectivity index (χ3v) is 4.05. The van der Waals surface area contributed by atoms with E-state index in [1.165, 1.54) is 0 Å². The summed E-state index contributed by atoms with van der Waals surface area (Å²) in [7, 11) is 0. The minimum Gasteiger partial charge on any atom is -0.491 e. The molecule has 1 atom stereocenters. The molecule has 22 heavy (non-hydrogen) atoms. The van der Waals surface area contributed by atoms with E-state index in [9.17, 15) is 4.79 Å². The maximum Gasteiger partial charge on any atom is 0.319 e. The number of ether oxygens (including phenoxy) is 1. The predicted molar refractivity (Wildman–Crippen MR) is 87.8 cm³/mol. The fourth-order valence-electron chi connectivity index (χ4n) is 2.44. The van der Waals surface area contributed by atoms with Gasteiger partial charge in [0.2, 0.25) is 0 Å². The zero-order valence-electron chi connectivity index (χ0n) is 12.2. The van der Waals surface area contributed by atoms with Crippen molar-refractivity contribution in [1.29, 1.82) is 0 Å². The highest BCUT2D eigenvalue weighted by molar-refractivity contribution is 6.31. The van der Waals surface area contributed by atoms with Crippen LogP contribution in [0.5, 0.6) is 5.75 Å². The van der Waals surface area contributed by atoms with E-state index in [4.69, 9.17) is 16.3 Å². The molecule has 0 fully saturated rings. The van der Waals surface area contributed by atoms with E-state index in [0.717, 1.165) is 23.3 Å². The van der Waals surface area contributed by atoms with Gasteiger partial charge in [0, 0.05) is 10.7 Å². The number of halogens is 1. The van der Waals surface area contributed by atoms with Gasteiger partial charge in [0.15, 0.2) is 0 Å². The average Bonchev–Trinajstić information content (AvgIpc) is 2.51. The summed E-state index contributed by atoms with van der Waals surface area (Å²) in [5.41, 5.74) is 2.76. The Kier molecular flexibility index (Phi) is 4.20. The highest BCUT2D eigenvalue weighted by atomic mass is 35.5. The molecule has 3 rings (SSSR count). The molecule has 5 heteroatoms. The minimum absolute atomic E-state index is 0.0455. The molecule has 0 aromatic heterocycles. The van der Waals surface area contributed by atoms with Crippen molar-refractivity contribution in [2.75, 3.05) is 11.9 Å². The fourth-order valence-corrected chi connectivity index (χ4v) is 2.62. The van der Waals surface area contributed by atoms with Crippen molar-refractivity contribution in [3.63, 3.8) is 0 Å². The summed E-state index contributed by atoms with van der Waals surface area (Å²) in [6.07, 6.45) is 0.762. The van der Waals surface area contributed by atoms with Crippen molar-refractivity contribution in [3.8, 4) is 5.75 Å². The summed E-state index contributed by atoms with van der Waals surface area (Å²) >= 11 is 6.05. The molecular formula is C17H17ClN2O2. The van der Waals surface area contributed by atoms with Crippen molar-refractivity contribution in [2.45, 2.75) is 19.4 Å². The van der Waals surface area contributed by atoms with Gasteiger partial charge in [-0.25, -0.2) is 4.79 Å². The molecule has 0 unspecified atom stereocenters. The number of rotatable bonds is 2. The van der Waals surface area contributed by atoms with Gasteiger partial charge in [0.1, 0.15) is 12.4 Å². The molecule has 1 aliphatic rings. The number of amides is 2. The molecular weight excluding hydrogens is 300 g/mol. The first-order valence-electron chi connectivity index (χ1n) is 7.16. The van der Waals surface area contributed by atoms with Gasteiger partial charge < -0.3 is 15.4 Å². The van der Waals surface area contributed by atoms with Crippen molar-refractivity contribution in [2.24, 2.45) is 0 Å². The van der Waals surface area contributed by atoms with Crippen LogP contribution in [-0.2, 0) is 6.42 Å². The minimum atomic E-state index is -0.257. The van der Waals surface area contributed by atoms with Crippen LogP contribution in [0.4, 0.5) is 10.5 Å². The van der Waals surface area contributed by atoms with Crippen LogP contribution in [0.1, 0.15) is 11.1 Å². The number of anilines is 1. The van der Waals surface area contributed by atoms with E-state index < -0.39 is 0 Å². The van der Waals surface area contributed by atoms with Crippen LogP contribution in [0, 0.1) is 6.92 Å². The quantitative estimate of drug-likeness (QED) is 0.886. The van der Waals surface area contributed by atoms with Gasteiger partial charge in [-0.2, -0.15) is 0 Å².